The Morgan fingerprint density at radius 1 is 0.537 bits per heavy atom. The molecule has 0 saturated carbocycles. The van der Waals surface area contributed by atoms with Crippen molar-refractivity contribution in [1.82, 2.24) is 0 Å². The number of benzene rings is 7. The van der Waals surface area contributed by atoms with E-state index < -0.39 is 5.41 Å². The summed E-state index contributed by atoms with van der Waals surface area (Å²) >= 11 is 0. The van der Waals surface area contributed by atoms with Gasteiger partial charge in [-0.05, 0) is 149 Å². The van der Waals surface area contributed by atoms with Crippen LogP contribution in [0.4, 0.5) is 17.1 Å². The Hall–Kier alpha value is -6.06. The quantitative estimate of drug-likeness (QED) is 0.134. The number of hydrogen-bond donors (Lipinski definition) is 0. The number of rotatable bonds is 11. The molecule has 8 rings (SSSR count). The predicted octanol–water partition coefficient (Wildman–Crippen LogP) is 13.2. The van der Waals surface area contributed by atoms with Gasteiger partial charge in [0.25, 0.3) is 0 Å². The molecule has 1 aliphatic carbocycles. The SMILES string of the molecule is CCCCc1ccc(N(c2ccc(C)cc2)c2ccc(-c3ccc4c(c3)C(c3ccc(OC)cc3)(c3ccc(OC)cc3)c3cccc(C)c3-4)cc2)cc1. The average Bonchev–Trinajstić information content (AvgIpc) is 3.53. The number of anilines is 3. The molecule has 54 heavy (non-hydrogen) atoms. The van der Waals surface area contributed by atoms with Gasteiger partial charge in [0.2, 0.25) is 0 Å². The third kappa shape index (κ3) is 6.14. The van der Waals surface area contributed by atoms with Crippen LogP contribution in [-0.2, 0) is 11.8 Å². The number of fused-ring (bicyclic) bond motifs is 3. The number of unbranched alkanes of at least 4 members (excludes halogenated alkanes) is 1. The zero-order chi connectivity index (χ0) is 37.2. The van der Waals surface area contributed by atoms with Crippen molar-refractivity contribution in [3.63, 3.8) is 0 Å². The number of nitrogens with zero attached hydrogens (tertiary/aromatic N) is 1. The second-order valence-corrected chi connectivity index (χ2v) is 14.5. The summed E-state index contributed by atoms with van der Waals surface area (Å²) in [7, 11) is 3.44. The van der Waals surface area contributed by atoms with Crippen molar-refractivity contribution < 1.29 is 9.47 Å². The smallest absolute Gasteiger partial charge is 0.118 e. The van der Waals surface area contributed by atoms with Gasteiger partial charge in [-0.15, -0.1) is 0 Å². The van der Waals surface area contributed by atoms with Crippen LogP contribution in [0.3, 0.4) is 0 Å². The predicted molar refractivity (Wildman–Crippen MR) is 225 cm³/mol. The van der Waals surface area contributed by atoms with Crippen molar-refractivity contribution in [2.75, 3.05) is 19.1 Å². The molecule has 0 amide bonds. The van der Waals surface area contributed by atoms with Crippen molar-refractivity contribution in [2.24, 2.45) is 0 Å². The van der Waals surface area contributed by atoms with Gasteiger partial charge < -0.3 is 14.4 Å². The molecule has 1 aliphatic rings. The molecule has 0 fully saturated rings. The molecule has 7 aromatic rings. The van der Waals surface area contributed by atoms with Gasteiger partial charge in [0, 0.05) is 17.1 Å². The van der Waals surface area contributed by atoms with E-state index in [4.69, 9.17) is 9.47 Å². The highest BCUT2D eigenvalue weighted by Crippen LogP contribution is 2.58. The second kappa shape index (κ2) is 14.8. The van der Waals surface area contributed by atoms with Gasteiger partial charge in [0.1, 0.15) is 11.5 Å². The fraction of sp³-hybridized carbons (Fsp3) is 0.176. The molecule has 0 aliphatic heterocycles. The lowest BCUT2D eigenvalue weighted by Gasteiger charge is -2.34. The van der Waals surface area contributed by atoms with Gasteiger partial charge in [-0.25, -0.2) is 0 Å². The Labute approximate surface area is 320 Å². The van der Waals surface area contributed by atoms with Gasteiger partial charge in [-0.1, -0.05) is 110 Å². The lowest BCUT2D eigenvalue weighted by molar-refractivity contribution is 0.414. The maximum atomic E-state index is 5.62. The first-order valence-electron chi connectivity index (χ1n) is 19.0. The van der Waals surface area contributed by atoms with Crippen LogP contribution < -0.4 is 14.4 Å². The fourth-order valence-electron chi connectivity index (χ4n) is 8.34. The van der Waals surface area contributed by atoms with E-state index >= 15 is 0 Å². The van der Waals surface area contributed by atoms with Crippen molar-refractivity contribution in [1.29, 1.82) is 0 Å². The van der Waals surface area contributed by atoms with E-state index in [0.29, 0.717) is 0 Å². The van der Waals surface area contributed by atoms with Crippen molar-refractivity contribution in [3.05, 3.63) is 197 Å². The molecular weight excluding hydrogens is 659 g/mol. The molecule has 0 bridgehead atoms. The molecule has 0 heterocycles. The Kier molecular flexibility index (Phi) is 9.56. The summed E-state index contributed by atoms with van der Waals surface area (Å²) in [6.45, 7) is 6.61. The standard InChI is InChI=1S/C51H47NO2/c1-6-7-10-37-14-25-43(26-15-37)52(42-23-12-35(2)13-24-42)44-27-16-38(17-28-44)39-18-33-47-49(34-39)51(40-19-29-45(53-4)30-20-40,41-21-31-46(54-5)32-22-41)48-11-8-9-36(3)50(47)48/h8-9,11-34H,6-7,10H2,1-5H3. The molecule has 0 radical (unpaired) electrons. The molecule has 0 unspecified atom stereocenters. The molecule has 3 nitrogen and oxygen atoms in total. The Morgan fingerprint density at radius 2 is 1.07 bits per heavy atom. The maximum Gasteiger partial charge on any atom is 0.118 e. The van der Waals surface area contributed by atoms with Crippen LogP contribution in [0, 0.1) is 13.8 Å². The van der Waals surface area contributed by atoms with Crippen molar-refractivity contribution >= 4 is 17.1 Å². The molecule has 0 aromatic heterocycles. The highest BCUT2D eigenvalue weighted by Gasteiger charge is 2.46. The Bertz CT molecular complexity index is 2330. The normalized spacial score (nSPS) is 12.5. The van der Waals surface area contributed by atoms with Gasteiger partial charge >= 0.3 is 0 Å². The zero-order valence-electron chi connectivity index (χ0n) is 31.9. The highest BCUT2D eigenvalue weighted by atomic mass is 16.5. The van der Waals surface area contributed by atoms with Crippen LogP contribution >= 0.6 is 0 Å². The van der Waals surface area contributed by atoms with Gasteiger partial charge in [0.15, 0.2) is 0 Å². The minimum absolute atomic E-state index is 0.545. The lowest BCUT2D eigenvalue weighted by Crippen LogP contribution is -2.28. The minimum Gasteiger partial charge on any atom is -0.497 e. The summed E-state index contributed by atoms with van der Waals surface area (Å²) in [6, 6.07) is 57.9. The van der Waals surface area contributed by atoms with E-state index in [1.165, 1.54) is 74.0 Å². The molecular formula is C51H47NO2. The summed E-state index contributed by atoms with van der Waals surface area (Å²) in [6.07, 6.45) is 3.52. The van der Waals surface area contributed by atoms with Gasteiger partial charge in [-0.3, -0.25) is 0 Å². The third-order valence-electron chi connectivity index (χ3n) is 11.2. The zero-order valence-corrected chi connectivity index (χ0v) is 31.9. The molecule has 0 atom stereocenters. The number of aryl methyl sites for hydroxylation is 3. The summed E-state index contributed by atoms with van der Waals surface area (Å²) in [5, 5.41) is 0. The molecule has 268 valence electrons. The van der Waals surface area contributed by atoms with Crippen LogP contribution in [0.15, 0.2) is 158 Å². The van der Waals surface area contributed by atoms with E-state index in [1.54, 1.807) is 14.2 Å². The number of ether oxygens (including phenoxy) is 2. The number of methoxy groups -OCH3 is 2. The Balaban J connectivity index is 1.26. The van der Waals surface area contributed by atoms with Crippen LogP contribution in [0.25, 0.3) is 22.3 Å². The van der Waals surface area contributed by atoms with Crippen molar-refractivity contribution in [2.45, 2.75) is 45.4 Å². The average molecular weight is 706 g/mol. The minimum atomic E-state index is -0.545. The molecule has 7 aromatic carbocycles. The van der Waals surface area contributed by atoms with E-state index in [-0.39, 0.29) is 0 Å². The molecule has 3 heteroatoms. The highest BCUT2D eigenvalue weighted by molar-refractivity contribution is 5.90. The monoisotopic (exact) mass is 705 g/mol. The van der Waals surface area contributed by atoms with Gasteiger partial charge in [0.05, 0.1) is 19.6 Å². The van der Waals surface area contributed by atoms with Crippen LogP contribution in [0.2, 0.25) is 0 Å². The molecule has 0 saturated heterocycles. The van der Waals surface area contributed by atoms with E-state index in [1.807, 2.05) is 0 Å². The first-order valence-corrected chi connectivity index (χ1v) is 19.0. The van der Waals surface area contributed by atoms with E-state index in [0.717, 1.165) is 35.0 Å². The van der Waals surface area contributed by atoms with Crippen LogP contribution in [0.1, 0.15) is 58.7 Å². The summed E-state index contributed by atoms with van der Waals surface area (Å²) in [5.41, 5.74) is 16.6. The topological polar surface area (TPSA) is 21.7 Å². The van der Waals surface area contributed by atoms with Gasteiger partial charge in [-0.2, -0.15) is 0 Å². The largest absolute Gasteiger partial charge is 0.497 e. The first kappa shape index (κ1) is 35.0. The maximum absolute atomic E-state index is 5.62. The Morgan fingerprint density at radius 3 is 1.63 bits per heavy atom. The van der Waals surface area contributed by atoms with Crippen molar-refractivity contribution in [3.8, 4) is 33.8 Å². The summed E-state index contributed by atoms with van der Waals surface area (Å²) < 4.78 is 11.2. The number of hydrogen-bond acceptors (Lipinski definition) is 3. The second-order valence-electron chi connectivity index (χ2n) is 14.5. The third-order valence-corrected chi connectivity index (χ3v) is 11.2. The van der Waals surface area contributed by atoms with E-state index in [9.17, 15) is 0 Å². The first-order chi connectivity index (χ1) is 26.4. The fourth-order valence-corrected chi connectivity index (χ4v) is 8.34. The molecule has 0 N–H and O–H groups in total. The van der Waals surface area contributed by atoms with E-state index in [2.05, 4.69) is 183 Å². The summed E-state index contributed by atoms with van der Waals surface area (Å²) in [5.74, 6) is 1.68. The van der Waals surface area contributed by atoms with Crippen LogP contribution in [0.5, 0.6) is 11.5 Å². The summed E-state index contributed by atoms with van der Waals surface area (Å²) in [4.78, 5) is 2.35. The molecule has 0 spiro atoms. The van der Waals surface area contributed by atoms with Crippen LogP contribution in [-0.4, -0.2) is 14.2 Å². The lowest BCUT2D eigenvalue weighted by atomic mass is 9.67.